The quantitative estimate of drug-likeness (QED) is 0.771. The van der Waals surface area contributed by atoms with Gasteiger partial charge in [0.15, 0.2) is 0 Å². The van der Waals surface area contributed by atoms with E-state index in [1.165, 1.54) is 11.1 Å². The fourth-order valence-corrected chi connectivity index (χ4v) is 1.54. The number of nitrogens with two attached hydrogens (primary N) is 1. The van der Waals surface area contributed by atoms with Crippen LogP contribution < -0.4 is 10.5 Å². The molecule has 0 spiro atoms. The molecule has 0 atom stereocenters. The van der Waals surface area contributed by atoms with E-state index in [1.807, 2.05) is 6.92 Å². The van der Waals surface area contributed by atoms with Crippen LogP contribution in [-0.2, 0) is 6.54 Å². The van der Waals surface area contributed by atoms with E-state index in [-0.39, 0.29) is 0 Å². The fourth-order valence-electron chi connectivity index (χ4n) is 1.54. The van der Waals surface area contributed by atoms with Gasteiger partial charge < -0.3 is 10.5 Å². The molecule has 0 saturated carbocycles. The topological polar surface area (TPSA) is 35.2 Å². The summed E-state index contributed by atoms with van der Waals surface area (Å²) in [6, 6.07) is 4.20. The van der Waals surface area contributed by atoms with E-state index in [1.54, 1.807) is 0 Å². The lowest BCUT2D eigenvalue weighted by atomic mass is 10.1. The molecule has 0 fully saturated rings. The zero-order valence-corrected chi connectivity index (χ0v) is 8.55. The average molecular weight is 179 g/mol. The first-order valence-electron chi connectivity index (χ1n) is 4.62. The molecule has 0 unspecified atom stereocenters. The van der Waals surface area contributed by atoms with Crippen LogP contribution in [0.3, 0.4) is 0 Å². The van der Waals surface area contributed by atoms with E-state index in [0.29, 0.717) is 13.2 Å². The SMILES string of the molecule is CCOc1c(C)cc(C)cc1CN. The van der Waals surface area contributed by atoms with Crippen LogP contribution in [0, 0.1) is 13.8 Å². The molecular weight excluding hydrogens is 162 g/mol. The molecule has 0 radical (unpaired) electrons. The summed E-state index contributed by atoms with van der Waals surface area (Å²) in [7, 11) is 0. The number of ether oxygens (including phenoxy) is 1. The van der Waals surface area contributed by atoms with Crippen molar-refractivity contribution < 1.29 is 4.74 Å². The zero-order chi connectivity index (χ0) is 9.84. The first-order chi connectivity index (χ1) is 6.19. The summed E-state index contributed by atoms with van der Waals surface area (Å²) in [5.74, 6) is 0.954. The Hall–Kier alpha value is -1.02. The molecule has 0 aliphatic rings. The van der Waals surface area contributed by atoms with Crippen molar-refractivity contribution in [3.8, 4) is 5.75 Å². The smallest absolute Gasteiger partial charge is 0.126 e. The van der Waals surface area contributed by atoms with Gasteiger partial charge in [0.1, 0.15) is 5.75 Å². The van der Waals surface area contributed by atoms with Crippen molar-refractivity contribution in [2.24, 2.45) is 5.73 Å². The highest BCUT2D eigenvalue weighted by molar-refractivity contribution is 5.43. The summed E-state index contributed by atoms with van der Waals surface area (Å²) in [6.45, 7) is 7.34. The van der Waals surface area contributed by atoms with Gasteiger partial charge in [0.05, 0.1) is 6.61 Å². The second-order valence-corrected chi connectivity index (χ2v) is 3.21. The minimum Gasteiger partial charge on any atom is -0.493 e. The van der Waals surface area contributed by atoms with Gasteiger partial charge in [0.25, 0.3) is 0 Å². The van der Waals surface area contributed by atoms with Crippen LogP contribution in [0.2, 0.25) is 0 Å². The first-order valence-corrected chi connectivity index (χ1v) is 4.62. The molecule has 0 heterocycles. The van der Waals surface area contributed by atoms with Crippen LogP contribution in [0.5, 0.6) is 5.75 Å². The van der Waals surface area contributed by atoms with Crippen molar-refractivity contribution in [3.05, 3.63) is 28.8 Å². The molecule has 2 heteroatoms. The number of aryl methyl sites for hydroxylation is 2. The second-order valence-electron chi connectivity index (χ2n) is 3.21. The largest absolute Gasteiger partial charge is 0.493 e. The predicted molar refractivity (Wildman–Crippen MR) is 55.0 cm³/mol. The van der Waals surface area contributed by atoms with Crippen LogP contribution in [0.15, 0.2) is 12.1 Å². The van der Waals surface area contributed by atoms with Crippen LogP contribution in [-0.4, -0.2) is 6.61 Å². The van der Waals surface area contributed by atoms with Crippen molar-refractivity contribution in [1.82, 2.24) is 0 Å². The molecule has 0 saturated heterocycles. The van der Waals surface area contributed by atoms with Crippen LogP contribution >= 0.6 is 0 Å². The molecule has 1 aromatic rings. The lowest BCUT2D eigenvalue weighted by molar-refractivity contribution is 0.334. The Morgan fingerprint density at radius 1 is 1.31 bits per heavy atom. The van der Waals surface area contributed by atoms with Gasteiger partial charge in [0, 0.05) is 12.1 Å². The average Bonchev–Trinajstić information content (AvgIpc) is 2.09. The third-order valence-electron chi connectivity index (χ3n) is 2.00. The number of hydrogen-bond donors (Lipinski definition) is 1. The Bertz CT molecular complexity index is 294. The van der Waals surface area contributed by atoms with Crippen LogP contribution in [0.1, 0.15) is 23.6 Å². The first kappa shape index (κ1) is 10.1. The van der Waals surface area contributed by atoms with Gasteiger partial charge in [-0.1, -0.05) is 17.7 Å². The maximum atomic E-state index is 5.64. The third-order valence-corrected chi connectivity index (χ3v) is 2.00. The van der Waals surface area contributed by atoms with Crippen molar-refractivity contribution >= 4 is 0 Å². The molecule has 13 heavy (non-hydrogen) atoms. The Balaban J connectivity index is 3.13. The van der Waals surface area contributed by atoms with Gasteiger partial charge in [-0.2, -0.15) is 0 Å². The van der Waals surface area contributed by atoms with E-state index in [0.717, 1.165) is 11.3 Å². The highest BCUT2D eigenvalue weighted by atomic mass is 16.5. The molecule has 0 bridgehead atoms. The number of hydrogen-bond acceptors (Lipinski definition) is 2. The molecule has 2 nitrogen and oxygen atoms in total. The van der Waals surface area contributed by atoms with Crippen molar-refractivity contribution in [2.45, 2.75) is 27.3 Å². The minimum absolute atomic E-state index is 0.540. The Morgan fingerprint density at radius 3 is 2.54 bits per heavy atom. The molecule has 2 N–H and O–H groups in total. The maximum Gasteiger partial charge on any atom is 0.126 e. The molecule has 1 aromatic carbocycles. The Morgan fingerprint density at radius 2 is 2.00 bits per heavy atom. The van der Waals surface area contributed by atoms with E-state index >= 15 is 0 Å². The van der Waals surface area contributed by atoms with Gasteiger partial charge >= 0.3 is 0 Å². The maximum absolute atomic E-state index is 5.64. The fraction of sp³-hybridized carbons (Fsp3) is 0.455. The molecule has 0 aromatic heterocycles. The van der Waals surface area contributed by atoms with Crippen LogP contribution in [0.25, 0.3) is 0 Å². The lowest BCUT2D eigenvalue weighted by Crippen LogP contribution is -2.04. The standard InChI is InChI=1S/C11H17NO/c1-4-13-11-9(3)5-8(2)6-10(11)7-12/h5-6H,4,7,12H2,1-3H3. The summed E-state index contributed by atoms with van der Waals surface area (Å²) in [5.41, 5.74) is 9.14. The van der Waals surface area contributed by atoms with E-state index in [9.17, 15) is 0 Å². The van der Waals surface area contributed by atoms with Crippen molar-refractivity contribution in [1.29, 1.82) is 0 Å². The molecule has 72 valence electrons. The summed E-state index contributed by atoms with van der Waals surface area (Å²) in [5, 5.41) is 0. The summed E-state index contributed by atoms with van der Waals surface area (Å²) >= 11 is 0. The number of benzene rings is 1. The molecule has 1 rings (SSSR count). The van der Waals surface area contributed by atoms with Gasteiger partial charge in [-0.3, -0.25) is 0 Å². The van der Waals surface area contributed by atoms with E-state index in [2.05, 4.69) is 26.0 Å². The summed E-state index contributed by atoms with van der Waals surface area (Å²) in [4.78, 5) is 0. The minimum atomic E-state index is 0.540. The zero-order valence-electron chi connectivity index (χ0n) is 8.55. The summed E-state index contributed by atoms with van der Waals surface area (Å²) < 4.78 is 5.53. The second kappa shape index (κ2) is 4.28. The van der Waals surface area contributed by atoms with Crippen molar-refractivity contribution in [3.63, 3.8) is 0 Å². The number of rotatable bonds is 3. The molecule has 0 aliphatic heterocycles. The van der Waals surface area contributed by atoms with Gasteiger partial charge in [-0.05, 0) is 26.3 Å². The predicted octanol–water partition coefficient (Wildman–Crippen LogP) is 2.16. The van der Waals surface area contributed by atoms with E-state index < -0.39 is 0 Å². The normalized spacial score (nSPS) is 10.2. The highest BCUT2D eigenvalue weighted by Crippen LogP contribution is 2.24. The van der Waals surface area contributed by atoms with Gasteiger partial charge in [-0.25, -0.2) is 0 Å². The monoisotopic (exact) mass is 179 g/mol. The van der Waals surface area contributed by atoms with Gasteiger partial charge in [0.2, 0.25) is 0 Å². The molecule has 0 aliphatic carbocycles. The van der Waals surface area contributed by atoms with Crippen LogP contribution in [0.4, 0.5) is 0 Å². The molecular formula is C11H17NO. The summed E-state index contributed by atoms with van der Waals surface area (Å²) in [6.07, 6.45) is 0. The Labute approximate surface area is 79.7 Å². The third kappa shape index (κ3) is 2.22. The lowest BCUT2D eigenvalue weighted by Gasteiger charge is -2.12. The van der Waals surface area contributed by atoms with Gasteiger partial charge in [-0.15, -0.1) is 0 Å². The Kier molecular flexibility index (Phi) is 3.32. The molecule has 0 amide bonds. The van der Waals surface area contributed by atoms with Crippen molar-refractivity contribution in [2.75, 3.05) is 6.61 Å². The highest BCUT2D eigenvalue weighted by Gasteiger charge is 2.05. The van der Waals surface area contributed by atoms with E-state index in [4.69, 9.17) is 10.5 Å².